The molecule has 1 amide bonds. The number of pyridine rings is 2. The molecule has 0 aliphatic carbocycles. The van der Waals surface area contributed by atoms with E-state index in [2.05, 4.69) is 20.4 Å². The first kappa shape index (κ1) is 16.8. The SMILES string of the molecule is Cc1cc(-c2cc(C(=O)Nc3ncccc3O)c3c(C)noc3n2)c(C)o1. The van der Waals surface area contributed by atoms with Gasteiger partial charge in [-0.1, -0.05) is 5.16 Å². The standard InChI is InChI=1S/C19H16N4O4/c1-9-7-12(11(3)26-9)14-8-13(16-10(2)23-27-19(16)21-14)18(25)22-17-15(24)5-4-6-20-17/h4-8,24H,1-3H3,(H,20,22,25). The molecule has 0 unspecified atom stereocenters. The van der Waals surface area contributed by atoms with Crippen LogP contribution in [0.15, 0.2) is 39.4 Å². The third kappa shape index (κ3) is 2.91. The Morgan fingerprint density at radius 3 is 2.74 bits per heavy atom. The molecular formula is C19H16N4O4. The van der Waals surface area contributed by atoms with E-state index in [9.17, 15) is 9.90 Å². The quantitative estimate of drug-likeness (QED) is 0.569. The number of fused-ring (bicyclic) bond motifs is 1. The Morgan fingerprint density at radius 2 is 2.04 bits per heavy atom. The van der Waals surface area contributed by atoms with E-state index in [0.29, 0.717) is 28.1 Å². The van der Waals surface area contributed by atoms with Crippen molar-refractivity contribution in [1.82, 2.24) is 15.1 Å². The number of hydrogen-bond acceptors (Lipinski definition) is 7. The first-order chi connectivity index (χ1) is 12.9. The topological polar surface area (TPSA) is 114 Å². The number of aryl methyl sites for hydroxylation is 3. The molecule has 8 heteroatoms. The summed E-state index contributed by atoms with van der Waals surface area (Å²) in [7, 11) is 0. The molecule has 4 aromatic heterocycles. The summed E-state index contributed by atoms with van der Waals surface area (Å²) in [6.07, 6.45) is 1.48. The van der Waals surface area contributed by atoms with Crippen molar-refractivity contribution in [2.75, 3.05) is 5.32 Å². The summed E-state index contributed by atoms with van der Waals surface area (Å²) in [6, 6.07) is 6.51. The predicted molar refractivity (Wildman–Crippen MR) is 97.6 cm³/mol. The van der Waals surface area contributed by atoms with E-state index in [4.69, 9.17) is 8.94 Å². The summed E-state index contributed by atoms with van der Waals surface area (Å²) < 4.78 is 10.9. The summed E-state index contributed by atoms with van der Waals surface area (Å²) >= 11 is 0. The molecule has 0 atom stereocenters. The molecule has 0 spiro atoms. The Labute approximate surface area is 153 Å². The Hall–Kier alpha value is -3.68. The fourth-order valence-electron chi connectivity index (χ4n) is 2.96. The van der Waals surface area contributed by atoms with Crippen molar-refractivity contribution in [3.05, 3.63) is 53.2 Å². The fourth-order valence-corrected chi connectivity index (χ4v) is 2.96. The van der Waals surface area contributed by atoms with Crippen LogP contribution >= 0.6 is 0 Å². The number of furan rings is 1. The number of aromatic nitrogens is 3. The molecule has 0 radical (unpaired) electrons. The second-order valence-corrected chi connectivity index (χ2v) is 6.16. The molecule has 136 valence electrons. The highest BCUT2D eigenvalue weighted by Gasteiger charge is 2.21. The molecule has 0 bridgehead atoms. The third-order valence-corrected chi connectivity index (χ3v) is 4.20. The minimum atomic E-state index is -0.457. The van der Waals surface area contributed by atoms with Crippen LogP contribution in [0, 0.1) is 20.8 Å². The van der Waals surface area contributed by atoms with Gasteiger partial charge in [0.25, 0.3) is 11.6 Å². The fraction of sp³-hybridized carbons (Fsp3) is 0.158. The van der Waals surface area contributed by atoms with E-state index in [1.54, 1.807) is 19.1 Å². The predicted octanol–water partition coefficient (Wildman–Crippen LogP) is 3.76. The van der Waals surface area contributed by atoms with Crippen molar-refractivity contribution in [2.24, 2.45) is 0 Å². The minimum absolute atomic E-state index is 0.0680. The number of nitrogens with zero attached hydrogens (tertiary/aromatic N) is 3. The lowest BCUT2D eigenvalue weighted by molar-refractivity contribution is 0.102. The molecule has 0 aliphatic heterocycles. The average molecular weight is 364 g/mol. The second-order valence-electron chi connectivity index (χ2n) is 6.16. The largest absolute Gasteiger partial charge is 0.504 e. The van der Waals surface area contributed by atoms with Crippen LogP contribution in [0.2, 0.25) is 0 Å². The second kappa shape index (κ2) is 6.24. The number of hydrogen-bond donors (Lipinski definition) is 2. The molecule has 2 N–H and O–H groups in total. The first-order valence-corrected chi connectivity index (χ1v) is 8.24. The van der Waals surface area contributed by atoms with E-state index in [1.807, 2.05) is 19.9 Å². The van der Waals surface area contributed by atoms with E-state index < -0.39 is 5.91 Å². The number of nitrogens with one attached hydrogen (secondary N) is 1. The Bertz CT molecular complexity index is 1180. The molecule has 0 fully saturated rings. The molecule has 0 aliphatic rings. The molecule has 0 saturated heterocycles. The number of carbonyl (C=O) groups is 1. The summed E-state index contributed by atoms with van der Waals surface area (Å²) in [5, 5.41) is 16.9. The zero-order valence-electron chi connectivity index (χ0n) is 14.9. The van der Waals surface area contributed by atoms with Crippen molar-refractivity contribution in [3.8, 4) is 17.0 Å². The number of amides is 1. The summed E-state index contributed by atoms with van der Waals surface area (Å²) in [4.78, 5) is 21.4. The van der Waals surface area contributed by atoms with Crippen LogP contribution in [0.1, 0.15) is 27.6 Å². The van der Waals surface area contributed by atoms with Crippen molar-refractivity contribution >= 4 is 22.8 Å². The maximum atomic E-state index is 12.9. The third-order valence-electron chi connectivity index (χ3n) is 4.20. The first-order valence-electron chi connectivity index (χ1n) is 8.24. The lowest BCUT2D eigenvalue weighted by Gasteiger charge is -2.08. The van der Waals surface area contributed by atoms with E-state index in [-0.39, 0.29) is 17.3 Å². The van der Waals surface area contributed by atoms with Crippen molar-refractivity contribution in [2.45, 2.75) is 20.8 Å². The van der Waals surface area contributed by atoms with Crippen LogP contribution in [-0.4, -0.2) is 26.1 Å². The molecular weight excluding hydrogens is 348 g/mol. The van der Waals surface area contributed by atoms with E-state index >= 15 is 0 Å². The lowest BCUT2D eigenvalue weighted by atomic mass is 10.1. The highest BCUT2D eigenvalue weighted by molar-refractivity contribution is 6.13. The monoisotopic (exact) mass is 364 g/mol. The van der Waals surface area contributed by atoms with Crippen LogP contribution < -0.4 is 5.32 Å². The molecule has 4 rings (SSSR count). The van der Waals surface area contributed by atoms with Crippen LogP contribution in [0.4, 0.5) is 5.82 Å². The minimum Gasteiger partial charge on any atom is -0.504 e. The van der Waals surface area contributed by atoms with Gasteiger partial charge in [0.2, 0.25) is 0 Å². The van der Waals surface area contributed by atoms with Crippen LogP contribution in [0.3, 0.4) is 0 Å². The van der Waals surface area contributed by atoms with Crippen molar-refractivity contribution in [1.29, 1.82) is 0 Å². The number of anilines is 1. The number of carbonyl (C=O) groups excluding carboxylic acids is 1. The van der Waals surface area contributed by atoms with Gasteiger partial charge in [0.15, 0.2) is 11.6 Å². The van der Waals surface area contributed by atoms with Crippen LogP contribution in [0.5, 0.6) is 5.75 Å². The van der Waals surface area contributed by atoms with E-state index in [1.165, 1.54) is 12.3 Å². The van der Waals surface area contributed by atoms with Gasteiger partial charge in [-0.3, -0.25) is 4.79 Å². The van der Waals surface area contributed by atoms with Crippen molar-refractivity contribution < 1.29 is 18.8 Å². The van der Waals surface area contributed by atoms with Gasteiger partial charge in [0, 0.05) is 11.8 Å². The summed E-state index contributed by atoms with van der Waals surface area (Å²) in [5.41, 5.74) is 2.40. The van der Waals surface area contributed by atoms with E-state index in [0.717, 1.165) is 11.3 Å². The van der Waals surface area contributed by atoms with Gasteiger partial charge in [0.05, 0.1) is 22.3 Å². The smallest absolute Gasteiger partial charge is 0.259 e. The number of rotatable bonds is 3. The molecule has 0 aromatic carbocycles. The van der Waals surface area contributed by atoms with Gasteiger partial charge >= 0.3 is 0 Å². The van der Waals surface area contributed by atoms with Crippen molar-refractivity contribution in [3.63, 3.8) is 0 Å². The molecule has 27 heavy (non-hydrogen) atoms. The highest BCUT2D eigenvalue weighted by atomic mass is 16.5. The summed E-state index contributed by atoms with van der Waals surface area (Å²) in [5.74, 6) is 0.909. The lowest BCUT2D eigenvalue weighted by Crippen LogP contribution is -2.14. The highest BCUT2D eigenvalue weighted by Crippen LogP contribution is 2.31. The molecule has 0 saturated carbocycles. The zero-order valence-corrected chi connectivity index (χ0v) is 14.9. The van der Waals surface area contributed by atoms with Gasteiger partial charge in [-0.05, 0) is 45.0 Å². The van der Waals surface area contributed by atoms with Gasteiger partial charge < -0.3 is 19.4 Å². The number of aromatic hydroxyl groups is 1. The van der Waals surface area contributed by atoms with Crippen LogP contribution in [0.25, 0.3) is 22.4 Å². The Balaban J connectivity index is 1.85. The van der Waals surface area contributed by atoms with Gasteiger partial charge in [-0.2, -0.15) is 0 Å². The van der Waals surface area contributed by atoms with Gasteiger partial charge in [0.1, 0.15) is 11.5 Å². The Kier molecular flexibility index (Phi) is 3.88. The zero-order chi connectivity index (χ0) is 19.1. The van der Waals surface area contributed by atoms with Gasteiger partial charge in [-0.25, -0.2) is 9.97 Å². The average Bonchev–Trinajstić information content (AvgIpc) is 3.18. The van der Waals surface area contributed by atoms with Crippen LogP contribution in [-0.2, 0) is 0 Å². The molecule has 4 aromatic rings. The summed E-state index contributed by atoms with van der Waals surface area (Å²) in [6.45, 7) is 5.39. The molecule has 4 heterocycles. The normalized spacial score (nSPS) is 11.1. The van der Waals surface area contributed by atoms with Gasteiger partial charge in [-0.15, -0.1) is 0 Å². The Morgan fingerprint density at radius 1 is 1.22 bits per heavy atom. The maximum absolute atomic E-state index is 12.9. The maximum Gasteiger partial charge on any atom is 0.259 e. The molecule has 8 nitrogen and oxygen atoms in total.